The van der Waals surface area contributed by atoms with Gasteiger partial charge in [0.2, 0.25) is 0 Å². The molecule has 1 aliphatic heterocycles. The maximum Gasteiger partial charge on any atom is 0.472 e. The van der Waals surface area contributed by atoms with Gasteiger partial charge in [0.15, 0.2) is 6.10 Å². The Labute approximate surface area is 367 Å². The standard InChI is InChI=1S/C49H88NO9P/c1-6-8-10-11-12-13-14-15-16-17-18-19-20-21-22-23-24-29-32-36-40-49(52)58-45(44-57-60(53,54)56-42-41-50(3,4)5)43-55-48(51)39-35-31-28-26-25-27-30-34-38-47-46(59-47)37-33-9-7-2/h13-14,16-17,19-20,30,34,45-47H,6-12,15,18,21-29,31-33,35-44H2,1-5H3/p+1/b14-13-,17-16-,20-19-,34-30-/t45-,46?,47?/m1/s1. The molecule has 1 N–H and O–H groups in total. The van der Waals surface area contributed by atoms with E-state index >= 15 is 0 Å². The summed E-state index contributed by atoms with van der Waals surface area (Å²) in [5, 5.41) is 0. The highest BCUT2D eigenvalue weighted by molar-refractivity contribution is 7.47. The van der Waals surface area contributed by atoms with Crippen molar-refractivity contribution in [3.63, 3.8) is 0 Å². The summed E-state index contributed by atoms with van der Waals surface area (Å²) in [4.78, 5) is 35.5. The lowest BCUT2D eigenvalue weighted by Gasteiger charge is -2.24. The molecule has 3 unspecified atom stereocenters. The molecular weight excluding hydrogens is 778 g/mol. The zero-order chi connectivity index (χ0) is 44.0. The summed E-state index contributed by atoms with van der Waals surface area (Å²) in [6.45, 7) is 4.34. The lowest BCUT2D eigenvalue weighted by molar-refractivity contribution is -0.870. The lowest BCUT2D eigenvalue weighted by atomic mass is 10.1. The Morgan fingerprint density at radius 1 is 0.617 bits per heavy atom. The van der Waals surface area contributed by atoms with Crippen LogP contribution in [0.1, 0.15) is 187 Å². The second kappa shape index (κ2) is 37.5. The molecule has 0 saturated carbocycles. The SMILES string of the molecule is CCCCCC/C=C\C/C=C\C/C=C\CCCCCCCCC(=O)O[C@H](COC(=O)CCCCCCC/C=C\CC1OC1CCCCC)COP(=O)(O)OCC[N+](C)(C)C. The first-order valence-corrected chi connectivity index (χ1v) is 25.5. The molecule has 0 spiro atoms. The van der Waals surface area contributed by atoms with Crippen LogP contribution in [-0.4, -0.2) is 87.1 Å². The van der Waals surface area contributed by atoms with Gasteiger partial charge in [-0.1, -0.05) is 146 Å². The van der Waals surface area contributed by atoms with Crippen molar-refractivity contribution in [3.05, 3.63) is 48.6 Å². The molecule has 1 fully saturated rings. The number of nitrogens with zero attached hydrogens (tertiary/aromatic N) is 1. The summed E-state index contributed by atoms with van der Waals surface area (Å²) >= 11 is 0. The largest absolute Gasteiger partial charge is 0.472 e. The number of hydrogen-bond donors (Lipinski definition) is 1. The van der Waals surface area contributed by atoms with E-state index < -0.39 is 26.5 Å². The molecule has 1 heterocycles. The number of epoxide rings is 1. The second-order valence-electron chi connectivity index (χ2n) is 17.5. The minimum Gasteiger partial charge on any atom is -0.462 e. The van der Waals surface area contributed by atoms with Gasteiger partial charge in [0, 0.05) is 12.8 Å². The Balaban J connectivity index is 2.26. The van der Waals surface area contributed by atoms with Crippen molar-refractivity contribution < 1.29 is 46.8 Å². The highest BCUT2D eigenvalue weighted by atomic mass is 31.2. The summed E-state index contributed by atoms with van der Waals surface area (Å²) in [5.41, 5.74) is 0. The number of carbonyl (C=O) groups is 2. The molecule has 1 aliphatic rings. The predicted octanol–water partition coefficient (Wildman–Crippen LogP) is 12.8. The average Bonchev–Trinajstić information content (AvgIpc) is 3.96. The molecule has 10 nitrogen and oxygen atoms in total. The highest BCUT2D eigenvalue weighted by Gasteiger charge is 2.36. The van der Waals surface area contributed by atoms with Crippen LogP contribution in [0.3, 0.4) is 0 Å². The Morgan fingerprint density at radius 3 is 1.70 bits per heavy atom. The summed E-state index contributed by atoms with van der Waals surface area (Å²) in [7, 11) is 1.45. The van der Waals surface area contributed by atoms with Crippen LogP contribution in [0.15, 0.2) is 48.6 Å². The number of hydrogen-bond acceptors (Lipinski definition) is 8. The van der Waals surface area contributed by atoms with Crippen molar-refractivity contribution in [1.29, 1.82) is 0 Å². The van der Waals surface area contributed by atoms with E-state index in [0.29, 0.717) is 36.1 Å². The Morgan fingerprint density at radius 2 is 1.12 bits per heavy atom. The Hall–Kier alpha value is -2.07. The van der Waals surface area contributed by atoms with E-state index in [9.17, 15) is 19.0 Å². The number of unbranched alkanes of at least 4 members (excludes halogenated alkanes) is 17. The van der Waals surface area contributed by atoms with Gasteiger partial charge in [0.05, 0.1) is 40.0 Å². The van der Waals surface area contributed by atoms with Crippen LogP contribution in [0.4, 0.5) is 0 Å². The number of esters is 2. The Bertz CT molecular complexity index is 1230. The summed E-state index contributed by atoms with van der Waals surface area (Å²) in [5.74, 6) is -0.835. The number of likely N-dealkylation sites (N-methyl/N-ethyl adjacent to an activating group) is 1. The molecule has 0 aromatic rings. The van der Waals surface area contributed by atoms with Crippen LogP contribution in [0.2, 0.25) is 0 Å². The molecule has 0 aliphatic carbocycles. The third-order valence-corrected chi connectivity index (χ3v) is 11.5. The van der Waals surface area contributed by atoms with Crippen LogP contribution in [0.25, 0.3) is 0 Å². The first-order chi connectivity index (χ1) is 29.0. The molecule has 11 heteroatoms. The lowest BCUT2D eigenvalue weighted by Crippen LogP contribution is -2.37. The molecule has 0 amide bonds. The van der Waals surface area contributed by atoms with Gasteiger partial charge in [-0.3, -0.25) is 18.6 Å². The van der Waals surface area contributed by atoms with Gasteiger partial charge in [0.25, 0.3) is 0 Å². The molecule has 0 aromatic carbocycles. The quantitative estimate of drug-likeness (QED) is 0.0160. The molecule has 1 rings (SSSR count). The van der Waals surface area contributed by atoms with Crippen molar-refractivity contribution in [1.82, 2.24) is 0 Å². The van der Waals surface area contributed by atoms with E-state index in [1.807, 2.05) is 21.1 Å². The molecule has 348 valence electrons. The van der Waals surface area contributed by atoms with Gasteiger partial charge in [-0.25, -0.2) is 4.57 Å². The van der Waals surface area contributed by atoms with Crippen LogP contribution < -0.4 is 0 Å². The molecule has 0 bridgehead atoms. The van der Waals surface area contributed by atoms with E-state index in [1.165, 1.54) is 57.8 Å². The van der Waals surface area contributed by atoms with E-state index in [0.717, 1.165) is 89.9 Å². The normalized spacial score (nSPS) is 17.3. The first-order valence-electron chi connectivity index (χ1n) is 24.0. The fourth-order valence-electron chi connectivity index (χ4n) is 6.62. The van der Waals surface area contributed by atoms with Crippen LogP contribution >= 0.6 is 7.82 Å². The minimum absolute atomic E-state index is 0.0226. The van der Waals surface area contributed by atoms with Crippen LogP contribution in [0, 0.1) is 0 Å². The maximum atomic E-state index is 12.7. The number of allylic oxidation sites excluding steroid dienone is 7. The fraction of sp³-hybridized carbons (Fsp3) is 0.796. The Kier molecular flexibility index (Phi) is 34.9. The molecular formula is C49H89NO9P+. The highest BCUT2D eigenvalue weighted by Crippen LogP contribution is 2.43. The van der Waals surface area contributed by atoms with Gasteiger partial charge < -0.3 is 23.6 Å². The third-order valence-electron chi connectivity index (χ3n) is 10.5. The first kappa shape index (κ1) is 55.9. The van der Waals surface area contributed by atoms with Crippen LogP contribution in [-0.2, 0) is 37.4 Å². The zero-order valence-electron chi connectivity index (χ0n) is 38.9. The van der Waals surface area contributed by atoms with Crippen molar-refractivity contribution in [3.8, 4) is 0 Å². The number of carbonyl (C=O) groups excluding carboxylic acids is 2. The van der Waals surface area contributed by atoms with E-state index in [1.54, 1.807) is 0 Å². The van der Waals surface area contributed by atoms with Gasteiger partial charge in [-0.05, 0) is 77.0 Å². The second-order valence-corrected chi connectivity index (χ2v) is 19.0. The van der Waals surface area contributed by atoms with E-state index in [-0.39, 0.29) is 32.0 Å². The fourth-order valence-corrected chi connectivity index (χ4v) is 7.36. The summed E-state index contributed by atoms with van der Waals surface area (Å²) in [6, 6.07) is 0. The predicted molar refractivity (Wildman–Crippen MR) is 247 cm³/mol. The van der Waals surface area contributed by atoms with Crippen molar-refractivity contribution in [2.75, 3.05) is 47.5 Å². The number of ether oxygens (including phenoxy) is 3. The number of quaternary nitrogens is 1. The molecule has 1 saturated heterocycles. The molecule has 60 heavy (non-hydrogen) atoms. The minimum atomic E-state index is -4.39. The summed E-state index contributed by atoms with van der Waals surface area (Å²) < 4.78 is 40.1. The van der Waals surface area contributed by atoms with E-state index in [4.69, 9.17) is 23.3 Å². The molecule has 0 aromatic heterocycles. The smallest absolute Gasteiger partial charge is 0.462 e. The zero-order valence-corrected chi connectivity index (χ0v) is 39.8. The average molecular weight is 867 g/mol. The third kappa shape index (κ3) is 37.7. The van der Waals surface area contributed by atoms with E-state index in [2.05, 4.69) is 62.5 Å². The topological polar surface area (TPSA) is 121 Å². The molecule has 0 radical (unpaired) electrons. The van der Waals surface area contributed by atoms with Crippen molar-refractivity contribution in [2.24, 2.45) is 0 Å². The van der Waals surface area contributed by atoms with Gasteiger partial charge in [-0.15, -0.1) is 0 Å². The number of phosphoric ester groups is 1. The molecule has 4 atom stereocenters. The number of phosphoric acid groups is 1. The van der Waals surface area contributed by atoms with Gasteiger partial charge >= 0.3 is 19.8 Å². The van der Waals surface area contributed by atoms with Crippen LogP contribution in [0.5, 0.6) is 0 Å². The van der Waals surface area contributed by atoms with Gasteiger partial charge in [-0.2, -0.15) is 0 Å². The van der Waals surface area contributed by atoms with Gasteiger partial charge in [0.1, 0.15) is 19.8 Å². The van der Waals surface area contributed by atoms with Crippen molar-refractivity contribution in [2.45, 2.75) is 206 Å². The maximum absolute atomic E-state index is 12.7. The monoisotopic (exact) mass is 867 g/mol. The van der Waals surface area contributed by atoms with Crippen molar-refractivity contribution >= 4 is 19.8 Å². The number of rotatable bonds is 42. The summed E-state index contributed by atoms with van der Waals surface area (Å²) in [6.07, 6.45) is 46.1.